The van der Waals surface area contributed by atoms with E-state index < -0.39 is 0 Å². The molecule has 1 N–H and O–H groups in total. The van der Waals surface area contributed by atoms with Crippen LogP contribution in [0.5, 0.6) is 0 Å². The number of nitrogens with one attached hydrogen (secondary N) is 1. The molecule has 1 fully saturated rings. The third-order valence-electron chi connectivity index (χ3n) is 6.14. The molecular formula is C25H26Cl2N4O2S. The first-order valence-corrected chi connectivity index (χ1v) is 12.2. The summed E-state index contributed by atoms with van der Waals surface area (Å²) in [5.41, 5.74) is 4.98. The number of methoxy groups -OCH3 is 1. The van der Waals surface area contributed by atoms with E-state index in [2.05, 4.69) is 39.7 Å². The molecule has 3 aromatic rings. The standard InChI is InChI=1S/C25H26Cl2N4O2S/c1-15-13-18(16(2)31(15)21-10-9-17(26)14-19(21)27)24-23(20-7-4-5-11-28-20)29-25(34)30(24)12-6-8-22(32)33-3/h4-5,7,9-11,13-14,23-24H,6,8,12H2,1-3H3,(H,29,34). The smallest absolute Gasteiger partial charge is 0.305 e. The van der Waals surface area contributed by atoms with Crippen LogP contribution < -0.4 is 5.32 Å². The van der Waals surface area contributed by atoms with Crippen molar-refractivity contribution in [1.29, 1.82) is 0 Å². The van der Waals surface area contributed by atoms with Crippen LogP contribution >= 0.6 is 35.4 Å². The van der Waals surface area contributed by atoms with E-state index in [0.717, 1.165) is 28.3 Å². The third-order valence-corrected chi connectivity index (χ3v) is 7.04. The summed E-state index contributed by atoms with van der Waals surface area (Å²) in [6, 6.07) is 13.3. The predicted molar refractivity (Wildman–Crippen MR) is 139 cm³/mol. The van der Waals surface area contributed by atoms with E-state index >= 15 is 0 Å². The average Bonchev–Trinajstić information content (AvgIpc) is 3.29. The number of pyridine rings is 1. The molecule has 9 heteroatoms. The van der Waals surface area contributed by atoms with E-state index in [9.17, 15) is 4.79 Å². The molecule has 34 heavy (non-hydrogen) atoms. The molecular weight excluding hydrogens is 491 g/mol. The second-order valence-corrected chi connectivity index (χ2v) is 9.49. The molecule has 1 saturated heterocycles. The third kappa shape index (κ3) is 4.78. The van der Waals surface area contributed by atoms with Gasteiger partial charge in [0, 0.05) is 35.6 Å². The number of hydrogen-bond donors (Lipinski definition) is 1. The second-order valence-electron chi connectivity index (χ2n) is 8.26. The lowest BCUT2D eigenvalue weighted by Crippen LogP contribution is -2.31. The largest absolute Gasteiger partial charge is 0.469 e. The fraction of sp³-hybridized carbons (Fsp3) is 0.320. The van der Waals surface area contributed by atoms with Crippen molar-refractivity contribution in [3.63, 3.8) is 0 Å². The Morgan fingerprint density at radius 2 is 2.00 bits per heavy atom. The highest BCUT2D eigenvalue weighted by atomic mass is 35.5. The molecule has 178 valence electrons. The van der Waals surface area contributed by atoms with Crippen molar-refractivity contribution in [2.45, 2.75) is 38.8 Å². The van der Waals surface area contributed by atoms with Gasteiger partial charge < -0.3 is 19.5 Å². The van der Waals surface area contributed by atoms with Crippen molar-refractivity contribution in [3.8, 4) is 5.69 Å². The van der Waals surface area contributed by atoms with Crippen LogP contribution in [0.15, 0.2) is 48.7 Å². The average molecular weight is 517 g/mol. The van der Waals surface area contributed by atoms with Gasteiger partial charge in [0.05, 0.1) is 35.6 Å². The number of nitrogens with zero attached hydrogens (tertiary/aromatic N) is 3. The Balaban J connectivity index is 1.77. The molecule has 0 amide bonds. The molecule has 2 unspecified atom stereocenters. The number of hydrogen-bond acceptors (Lipinski definition) is 4. The lowest BCUT2D eigenvalue weighted by Gasteiger charge is -2.28. The zero-order valence-corrected chi connectivity index (χ0v) is 21.5. The minimum absolute atomic E-state index is 0.105. The number of carbonyl (C=O) groups is 1. The highest BCUT2D eigenvalue weighted by Gasteiger charge is 2.41. The molecule has 0 saturated carbocycles. The van der Waals surface area contributed by atoms with Gasteiger partial charge in [0.25, 0.3) is 0 Å². The predicted octanol–water partition coefficient (Wildman–Crippen LogP) is 5.72. The van der Waals surface area contributed by atoms with Gasteiger partial charge in [-0.3, -0.25) is 9.78 Å². The maximum Gasteiger partial charge on any atom is 0.305 e. The maximum atomic E-state index is 11.7. The van der Waals surface area contributed by atoms with Crippen LogP contribution in [0, 0.1) is 13.8 Å². The molecule has 2 aromatic heterocycles. The van der Waals surface area contributed by atoms with Crippen molar-refractivity contribution in [1.82, 2.24) is 19.8 Å². The molecule has 0 radical (unpaired) electrons. The number of benzene rings is 1. The van der Waals surface area contributed by atoms with Gasteiger partial charge in [-0.25, -0.2) is 0 Å². The molecule has 2 atom stereocenters. The SMILES string of the molecule is COC(=O)CCCN1C(=S)NC(c2ccccn2)C1c1cc(C)n(-c2ccc(Cl)cc2Cl)c1C. The molecule has 0 aliphatic carbocycles. The van der Waals surface area contributed by atoms with Crippen molar-refractivity contribution >= 4 is 46.5 Å². The van der Waals surface area contributed by atoms with Crippen molar-refractivity contribution in [2.24, 2.45) is 0 Å². The molecule has 4 rings (SSSR count). The van der Waals surface area contributed by atoms with Crippen LogP contribution in [0.2, 0.25) is 10.0 Å². The van der Waals surface area contributed by atoms with Crippen LogP contribution in [0.3, 0.4) is 0 Å². The summed E-state index contributed by atoms with van der Waals surface area (Å²) >= 11 is 18.4. The Labute approximate surface area is 214 Å². The summed E-state index contributed by atoms with van der Waals surface area (Å²) in [4.78, 5) is 18.4. The van der Waals surface area contributed by atoms with E-state index in [-0.39, 0.29) is 18.1 Å². The summed E-state index contributed by atoms with van der Waals surface area (Å²) in [5, 5.41) is 5.27. The number of rotatable bonds is 7. The lowest BCUT2D eigenvalue weighted by molar-refractivity contribution is -0.140. The van der Waals surface area contributed by atoms with Gasteiger partial charge in [-0.15, -0.1) is 0 Å². The van der Waals surface area contributed by atoms with Crippen LogP contribution in [0.1, 0.15) is 47.6 Å². The van der Waals surface area contributed by atoms with Gasteiger partial charge in [0.15, 0.2) is 5.11 Å². The van der Waals surface area contributed by atoms with Crippen molar-refractivity contribution < 1.29 is 9.53 Å². The molecule has 1 aromatic carbocycles. The maximum absolute atomic E-state index is 11.7. The molecule has 1 aliphatic heterocycles. The quantitative estimate of drug-likeness (QED) is 0.320. The Kier molecular flexibility index (Phi) is 7.45. The fourth-order valence-corrected chi connectivity index (χ4v) is 5.43. The van der Waals surface area contributed by atoms with Crippen LogP contribution in [0.25, 0.3) is 5.69 Å². The van der Waals surface area contributed by atoms with E-state index in [0.29, 0.717) is 34.5 Å². The summed E-state index contributed by atoms with van der Waals surface area (Å²) in [7, 11) is 1.40. The first-order valence-electron chi connectivity index (χ1n) is 11.0. The van der Waals surface area contributed by atoms with E-state index in [1.807, 2.05) is 30.3 Å². The van der Waals surface area contributed by atoms with Gasteiger partial charge in [-0.05, 0) is 74.4 Å². The Morgan fingerprint density at radius 3 is 2.68 bits per heavy atom. The highest BCUT2D eigenvalue weighted by molar-refractivity contribution is 7.80. The van der Waals surface area contributed by atoms with Crippen LogP contribution in [-0.2, 0) is 9.53 Å². The summed E-state index contributed by atoms with van der Waals surface area (Å²) in [6.07, 6.45) is 2.74. The van der Waals surface area contributed by atoms with Crippen molar-refractivity contribution in [3.05, 3.63) is 81.4 Å². The van der Waals surface area contributed by atoms with Gasteiger partial charge >= 0.3 is 5.97 Å². The number of thiocarbonyl (C=S) groups is 1. The minimum Gasteiger partial charge on any atom is -0.469 e. The minimum atomic E-state index is -0.230. The summed E-state index contributed by atoms with van der Waals surface area (Å²) in [6.45, 7) is 4.75. The number of aromatic nitrogens is 2. The van der Waals surface area contributed by atoms with Gasteiger partial charge in [0.1, 0.15) is 0 Å². The fourth-order valence-electron chi connectivity index (χ4n) is 4.60. The van der Waals surface area contributed by atoms with Gasteiger partial charge in [-0.2, -0.15) is 0 Å². The van der Waals surface area contributed by atoms with E-state index in [1.165, 1.54) is 7.11 Å². The van der Waals surface area contributed by atoms with Crippen LogP contribution in [-0.4, -0.2) is 39.2 Å². The van der Waals surface area contributed by atoms with Crippen molar-refractivity contribution in [2.75, 3.05) is 13.7 Å². The zero-order chi connectivity index (χ0) is 24.4. The van der Waals surface area contributed by atoms with E-state index in [1.54, 1.807) is 12.3 Å². The molecule has 6 nitrogen and oxygen atoms in total. The first kappa shape index (κ1) is 24.5. The molecule has 3 heterocycles. The Morgan fingerprint density at radius 1 is 1.21 bits per heavy atom. The second kappa shape index (κ2) is 10.3. The molecule has 0 spiro atoms. The lowest BCUT2D eigenvalue weighted by atomic mass is 9.96. The zero-order valence-electron chi connectivity index (χ0n) is 19.2. The topological polar surface area (TPSA) is 59.4 Å². The normalized spacial score (nSPS) is 17.7. The summed E-state index contributed by atoms with van der Waals surface area (Å²) < 4.78 is 6.95. The Hall–Kier alpha value is -2.61. The highest BCUT2D eigenvalue weighted by Crippen LogP contribution is 2.42. The van der Waals surface area contributed by atoms with E-state index in [4.69, 9.17) is 40.2 Å². The van der Waals surface area contributed by atoms with Crippen LogP contribution in [0.4, 0.5) is 0 Å². The van der Waals surface area contributed by atoms with Gasteiger partial charge in [-0.1, -0.05) is 29.3 Å². The number of aryl methyl sites for hydroxylation is 1. The number of ether oxygens (including phenoxy) is 1. The number of carbonyl (C=O) groups excluding carboxylic acids is 1. The molecule has 1 aliphatic rings. The number of halogens is 2. The monoisotopic (exact) mass is 516 g/mol. The number of esters is 1. The van der Waals surface area contributed by atoms with Gasteiger partial charge in [0.2, 0.25) is 0 Å². The first-order chi connectivity index (χ1) is 16.3. The Bertz CT molecular complexity index is 1220. The molecule has 0 bridgehead atoms. The summed E-state index contributed by atoms with van der Waals surface area (Å²) in [5.74, 6) is -0.230.